The van der Waals surface area contributed by atoms with Gasteiger partial charge >= 0.3 is 0 Å². The molecule has 0 unspecified atom stereocenters. The van der Waals surface area contributed by atoms with E-state index in [2.05, 4.69) is 44.6 Å². The van der Waals surface area contributed by atoms with Crippen LogP contribution in [0.5, 0.6) is 0 Å². The van der Waals surface area contributed by atoms with Crippen LogP contribution in [0, 0.1) is 0 Å². The first-order valence-corrected chi connectivity index (χ1v) is 9.99. The molecule has 1 fully saturated rings. The molecule has 144 valence electrons. The first-order valence-electron chi connectivity index (χ1n) is 9.99. The Labute approximate surface area is 161 Å². The molecule has 0 aliphatic carbocycles. The van der Waals surface area contributed by atoms with E-state index in [0.717, 1.165) is 31.7 Å². The quantitative estimate of drug-likeness (QED) is 0.680. The average molecular weight is 367 g/mol. The van der Waals surface area contributed by atoms with E-state index in [1.807, 2.05) is 12.1 Å². The zero-order valence-corrected chi connectivity index (χ0v) is 16.1. The van der Waals surface area contributed by atoms with Crippen LogP contribution in [-0.2, 0) is 0 Å². The van der Waals surface area contributed by atoms with Crippen LogP contribution in [0.15, 0.2) is 36.5 Å². The SMILES string of the molecule is CCCCCNc1nccc(C(=O)Nc2ccc(N3CCCCC3)cc2)n1. The summed E-state index contributed by atoms with van der Waals surface area (Å²) >= 11 is 0. The Balaban J connectivity index is 1.56. The topological polar surface area (TPSA) is 70.2 Å². The van der Waals surface area contributed by atoms with Gasteiger partial charge in [0.2, 0.25) is 5.95 Å². The summed E-state index contributed by atoms with van der Waals surface area (Å²) in [6, 6.07) is 9.68. The number of nitrogens with one attached hydrogen (secondary N) is 2. The summed E-state index contributed by atoms with van der Waals surface area (Å²) in [5.74, 6) is 0.277. The summed E-state index contributed by atoms with van der Waals surface area (Å²) in [6.45, 7) is 5.21. The van der Waals surface area contributed by atoms with Crippen LogP contribution in [0.3, 0.4) is 0 Å². The third-order valence-corrected chi connectivity index (χ3v) is 4.80. The second kappa shape index (κ2) is 9.90. The Bertz CT molecular complexity index is 726. The van der Waals surface area contributed by atoms with Gasteiger partial charge < -0.3 is 15.5 Å². The number of amides is 1. The second-order valence-corrected chi connectivity index (χ2v) is 6.95. The van der Waals surface area contributed by atoms with E-state index in [4.69, 9.17) is 0 Å². The molecule has 0 radical (unpaired) electrons. The maximum Gasteiger partial charge on any atom is 0.274 e. The molecule has 2 aromatic rings. The highest BCUT2D eigenvalue weighted by Gasteiger charge is 2.12. The van der Waals surface area contributed by atoms with Crippen LogP contribution >= 0.6 is 0 Å². The van der Waals surface area contributed by atoms with E-state index < -0.39 is 0 Å². The summed E-state index contributed by atoms with van der Waals surface area (Å²) in [5, 5.41) is 6.09. The number of nitrogens with zero attached hydrogens (tertiary/aromatic N) is 3. The van der Waals surface area contributed by atoms with Crippen LogP contribution in [0.1, 0.15) is 55.9 Å². The molecule has 0 atom stereocenters. The van der Waals surface area contributed by atoms with Gasteiger partial charge in [-0.15, -0.1) is 0 Å². The predicted octanol–water partition coefficient (Wildman–Crippen LogP) is 4.32. The Morgan fingerprint density at radius 1 is 1.07 bits per heavy atom. The van der Waals surface area contributed by atoms with Crippen molar-refractivity contribution in [2.45, 2.75) is 45.4 Å². The molecule has 6 nitrogen and oxygen atoms in total. The second-order valence-electron chi connectivity index (χ2n) is 6.95. The number of aromatic nitrogens is 2. The van der Waals surface area contributed by atoms with Crippen LogP contribution in [-0.4, -0.2) is 35.5 Å². The van der Waals surface area contributed by atoms with Gasteiger partial charge in [0.25, 0.3) is 5.91 Å². The number of carbonyl (C=O) groups is 1. The van der Waals surface area contributed by atoms with E-state index in [9.17, 15) is 4.79 Å². The number of benzene rings is 1. The fourth-order valence-corrected chi connectivity index (χ4v) is 3.25. The van der Waals surface area contributed by atoms with E-state index in [1.54, 1.807) is 12.3 Å². The molecule has 6 heteroatoms. The minimum absolute atomic E-state index is 0.222. The standard InChI is InChI=1S/C21H29N5O/c1-2-3-5-13-22-21-23-14-12-19(25-21)20(27)24-17-8-10-18(11-9-17)26-15-6-4-7-16-26/h8-12,14H,2-7,13,15-16H2,1H3,(H,24,27)(H,22,23,25). The molecule has 1 saturated heterocycles. The lowest BCUT2D eigenvalue weighted by molar-refractivity contribution is 0.102. The van der Waals surface area contributed by atoms with Crippen molar-refractivity contribution < 1.29 is 4.79 Å². The molecule has 0 saturated carbocycles. The lowest BCUT2D eigenvalue weighted by Crippen LogP contribution is -2.29. The highest BCUT2D eigenvalue weighted by atomic mass is 16.1. The largest absolute Gasteiger partial charge is 0.372 e. The first-order chi connectivity index (χ1) is 13.3. The number of hydrogen-bond acceptors (Lipinski definition) is 5. The number of rotatable bonds is 8. The number of piperidine rings is 1. The van der Waals surface area contributed by atoms with Gasteiger partial charge in [-0.1, -0.05) is 19.8 Å². The number of hydrogen-bond donors (Lipinski definition) is 2. The highest BCUT2D eigenvalue weighted by Crippen LogP contribution is 2.22. The molecule has 1 aliphatic rings. The highest BCUT2D eigenvalue weighted by molar-refractivity contribution is 6.03. The van der Waals surface area contributed by atoms with Gasteiger partial charge in [0.15, 0.2) is 0 Å². The van der Waals surface area contributed by atoms with Crippen molar-refractivity contribution in [1.82, 2.24) is 9.97 Å². The Kier molecular flexibility index (Phi) is 7.02. The summed E-state index contributed by atoms with van der Waals surface area (Å²) < 4.78 is 0. The number of anilines is 3. The van der Waals surface area contributed by atoms with Crippen LogP contribution in [0.2, 0.25) is 0 Å². The minimum atomic E-state index is -0.222. The summed E-state index contributed by atoms with van der Waals surface area (Å²) in [4.78, 5) is 23.4. The molecule has 27 heavy (non-hydrogen) atoms. The van der Waals surface area contributed by atoms with Crippen LogP contribution < -0.4 is 15.5 Å². The van der Waals surface area contributed by atoms with Gasteiger partial charge in [-0.25, -0.2) is 9.97 Å². The predicted molar refractivity (Wildman–Crippen MR) is 111 cm³/mol. The van der Waals surface area contributed by atoms with E-state index in [-0.39, 0.29) is 5.91 Å². The molecule has 3 rings (SSSR count). The van der Waals surface area contributed by atoms with Gasteiger partial charge in [-0.05, 0) is 56.0 Å². The smallest absolute Gasteiger partial charge is 0.274 e. The van der Waals surface area contributed by atoms with Gasteiger partial charge in [-0.3, -0.25) is 4.79 Å². The molecule has 2 heterocycles. The Hall–Kier alpha value is -2.63. The fraction of sp³-hybridized carbons (Fsp3) is 0.476. The van der Waals surface area contributed by atoms with Crippen molar-refractivity contribution in [1.29, 1.82) is 0 Å². The van der Waals surface area contributed by atoms with Crippen molar-refractivity contribution in [2.24, 2.45) is 0 Å². The van der Waals surface area contributed by atoms with E-state index >= 15 is 0 Å². The summed E-state index contributed by atoms with van der Waals surface area (Å²) in [7, 11) is 0. The Morgan fingerprint density at radius 3 is 2.59 bits per heavy atom. The number of carbonyl (C=O) groups excluding carboxylic acids is 1. The molecular weight excluding hydrogens is 338 g/mol. The lowest BCUT2D eigenvalue weighted by Gasteiger charge is -2.28. The fourth-order valence-electron chi connectivity index (χ4n) is 3.25. The van der Waals surface area contributed by atoms with Gasteiger partial charge in [0, 0.05) is 37.2 Å². The van der Waals surface area contributed by atoms with Crippen molar-refractivity contribution in [3.8, 4) is 0 Å². The molecule has 1 amide bonds. The van der Waals surface area contributed by atoms with E-state index in [0.29, 0.717) is 11.6 Å². The zero-order valence-electron chi connectivity index (χ0n) is 16.1. The van der Waals surface area contributed by atoms with Crippen molar-refractivity contribution in [3.63, 3.8) is 0 Å². The molecule has 1 aromatic carbocycles. The van der Waals surface area contributed by atoms with Crippen LogP contribution in [0.25, 0.3) is 0 Å². The molecule has 0 bridgehead atoms. The summed E-state index contributed by atoms with van der Waals surface area (Å²) in [5.41, 5.74) is 2.35. The molecule has 1 aliphatic heterocycles. The third kappa shape index (κ3) is 5.67. The zero-order chi connectivity index (χ0) is 18.9. The summed E-state index contributed by atoms with van der Waals surface area (Å²) in [6.07, 6.45) is 8.84. The van der Waals surface area contributed by atoms with Gasteiger partial charge in [-0.2, -0.15) is 0 Å². The third-order valence-electron chi connectivity index (χ3n) is 4.80. The first kappa shape index (κ1) is 19.1. The molecule has 1 aromatic heterocycles. The average Bonchev–Trinajstić information content (AvgIpc) is 2.73. The monoisotopic (exact) mass is 367 g/mol. The van der Waals surface area contributed by atoms with Crippen molar-refractivity contribution in [3.05, 3.63) is 42.2 Å². The maximum atomic E-state index is 12.5. The molecule has 0 spiro atoms. The molecular formula is C21H29N5O. The van der Waals surface area contributed by atoms with E-state index in [1.165, 1.54) is 37.8 Å². The van der Waals surface area contributed by atoms with Gasteiger partial charge in [0.1, 0.15) is 5.69 Å². The van der Waals surface area contributed by atoms with Gasteiger partial charge in [0.05, 0.1) is 0 Å². The lowest BCUT2D eigenvalue weighted by atomic mass is 10.1. The van der Waals surface area contributed by atoms with Crippen LogP contribution in [0.4, 0.5) is 17.3 Å². The number of unbranched alkanes of at least 4 members (excludes halogenated alkanes) is 2. The molecule has 2 N–H and O–H groups in total. The minimum Gasteiger partial charge on any atom is -0.372 e. The normalized spacial score (nSPS) is 14.0. The van der Waals surface area contributed by atoms with Crippen molar-refractivity contribution >= 4 is 23.2 Å². The Morgan fingerprint density at radius 2 is 1.85 bits per heavy atom. The van der Waals surface area contributed by atoms with Crippen molar-refractivity contribution in [2.75, 3.05) is 35.2 Å². The maximum absolute atomic E-state index is 12.5.